The fourth-order valence-corrected chi connectivity index (χ4v) is 13.3. The summed E-state index contributed by atoms with van der Waals surface area (Å²) >= 11 is 6.25. The average molecular weight is 1630 g/mol. The average Bonchev–Trinajstić information content (AvgIpc) is 1.65. The number of phenols is 2. The third kappa shape index (κ3) is 24.4. The van der Waals surface area contributed by atoms with Crippen molar-refractivity contribution < 1.29 is 47.8 Å². The molecular formula is C82H101BBr2N9O10Si3. The molecule has 8 N–H and O–H groups in total. The number of anilines is 2. The van der Waals surface area contributed by atoms with Crippen LogP contribution in [-0.2, 0) is 22.4 Å². The van der Waals surface area contributed by atoms with E-state index in [1.165, 1.54) is 5.56 Å². The van der Waals surface area contributed by atoms with Crippen LogP contribution >= 0.6 is 31.9 Å². The van der Waals surface area contributed by atoms with Crippen molar-refractivity contribution in [2.75, 3.05) is 18.1 Å². The number of carbonyl (C=O) groups excluding carboxylic acids is 1. The number of carbonyl (C=O) groups is 1. The minimum Gasteiger partial charge on any atom is -0.544 e. The van der Waals surface area contributed by atoms with Crippen molar-refractivity contribution in [3.63, 3.8) is 0 Å². The molecule has 563 valence electrons. The second kappa shape index (κ2) is 37.1. The number of imidazole rings is 1. The predicted octanol–water partition coefficient (Wildman–Crippen LogP) is 20.0. The van der Waals surface area contributed by atoms with Gasteiger partial charge in [0.2, 0.25) is 30.8 Å². The van der Waals surface area contributed by atoms with Crippen LogP contribution < -0.4 is 29.4 Å². The number of aryl methyl sites for hydroxylation is 1. The molecule has 11 rings (SSSR count). The lowest BCUT2D eigenvalue weighted by Gasteiger charge is -2.36. The van der Waals surface area contributed by atoms with Gasteiger partial charge >= 0.3 is 7.69 Å². The maximum Gasteiger partial charge on any atom is 0.569 e. The number of fused-ring (bicyclic) bond motifs is 1. The Morgan fingerprint density at radius 1 is 0.533 bits per heavy atom. The zero-order chi connectivity index (χ0) is 78.8. The Morgan fingerprint density at radius 2 is 0.963 bits per heavy atom. The molecule has 0 amide bonds. The fraction of sp³-hybridized carbons (Fsp3) is 0.305. The molecule has 4 aromatic heterocycles. The summed E-state index contributed by atoms with van der Waals surface area (Å²) in [5.41, 5.74) is 22.1. The van der Waals surface area contributed by atoms with Crippen LogP contribution in [-0.4, -0.2) is 106 Å². The van der Waals surface area contributed by atoms with Crippen molar-refractivity contribution in [2.24, 2.45) is 0 Å². The van der Waals surface area contributed by atoms with Gasteiger partial charge in [0.1, 0.15) is 72.7 Å². The lowest BCUT2D eigenvalue weighted by atomic mass is 10.1. The standard InChI is InChI=1S/C25H19N3O3.C23H29N3OSi.C18H30O3Si.C12H20BO3Si.C4H3Br2N3/c29-19-10-6-16(7-11-19)14-21-25(31)28-15-22(17-8-12-20(30)13-9-17)26-23(24(28)27-21)18-4-2-1-3-5-18;1-16-7-9-17(10-8-16)20-15-25-22(24)21(26-20)18-11-13-19(14-12-18)27-28(5,6)23(2,3)4;1-8-20-14(2)17(19)13-15-9-11-16(12-10-15)21-22(6,7)18(3,4)5;1-12(2,3)17(4,5)16-11-8-6-10(7-9-11)15-13-14;5-2-1-8-4(7)3(6)9-2/h1-13,15,29-31H,14H2;7-15H,1-6H3,(H2,24,25);9-12,14H,8,13H2,1-7H3;6-9,14H,1-5H3;1H,(H2,7,8). The molecule has 11 aromatic rings. The summed E-state index contributed by atoms with van der Waals surface area (Å²) in [5, 5.41) is 39.1. The van der Waals surface area contributed by atoms with Gasteiger partial charge in [-0.1, -0.05) is 147 Å². The van der Waals surface area contributed by atoms with E-state index in [-0.39, 0.29) is 44.4 Å². The van der Waals surface area contributed by atoms with Gasteiger partial charge in [0.05, 0.1) is 23.8 Å². The summed E-state index contributed by atoms with van der Waals surface area (Å²) in [5.74, 6) is 4.57. The number of nitrogen functional groups attached to an aromatic ring is 2. The van der Waals surface area contributed by atoms with Gasteiger partial charge in [0, 0.05) is 47.9 Å². The summed E-state index contributed by atoms with van der Waals surface area (Å²) < 4.78 is 31.8. The summed E-state index contributed by atoms with van der Waals surface area (Å²) in [7, 11) is -4.78. The van der Waals surface area contributed by atoms with Crippen molar-refractivity contribution in [3.05, 3.63) is 226 Å². The molecule has 107 heavy (non-hydrogen) atoms. The molecule has 0 bridgehead atoms. The predicted molar refractivity (Wildman–Crippen MR) is 447 cm³/mol. The molecule has 0 fully saturated rings. The lowest BCUT2D eigenvalue weighted by Crippen LogP contribution is -2.43. The SMILES string of the molecule is CC(C)(C)[Si](C)(C)Oc1ccc(O[B]O)cc1.CCOC(C)C(=O)Cc1ccc(O[Si](C)(C)C(C)(C)C)cc1.Cc1ccc(-c2cnc(N)c(-c3ccc(O[Si](C)(C)C(C)(C)C)cc3)n2)cc1.Nc1ncc(Br)nc1Br.Oc1ccc(Cc2nc3c(-c4ccccc4)nc(-c4ccc(O)cc4)cn3c2O)cc1. The Kier molecular flexibility index (Phi) is 29.5. The largest absolute Gasteiger partial charge is 0.569 e. The van der Waals surface area contributed by atoms with Gasteiger partial charge in [-0.3, -0.25) is 9.20 Å². The number of phenolic OH excluding ortho intramolecular Hbond substituents is 2. The Balaban J connectivity index is 0.000000195. The number of rotatable bonds is 19. The van der Waals surface area contributed by atoms with Gasteiger partial charge in [-0.15, -0.1) is 0 Å². The minimum absolute atomic E-state index is 0.0442. The fourth-order valence-electron chi connectivity index (χ4n) is 9.43. The summed E-state index contributed by atoms with van der Waals surface area (Å²) in [6.07, 6.45) is 5.49. The molecule has 0 aliphatic carbocycles. The number of aromatic hydroxyl groups is 3. The lowest BCUT2D eigenvalue weighted by molar-refractivity contribution is -0.128. The van der Waals surface area contributed by atoms with Gasteiger partial charge < -0.3 is 54.5 Å². The van der Waals surface area contributed by atoms with Crippen LogP contribution in [0.1, 0.15) is 98.5 Å². The number of nitrogens with zero attached hydrogens (tertiary/aromatic N) is 7. The van der Waals surface area contributed by atoms with Crippen LogP contribution in [0.3, 0.4) is 0 Å². The summed E-state index contributed by atoms with van der Waals surface area (Å²) in [4.78, 5) is 38.4. The maximum atomic E-state index is 12.0. The number of ether oxygens (including phenoxy) is 1. The van der Waals surface area contributed by atoms with E-state index >= 15 is 0 Å². The summed E-state index contributed by atoms with van der Waals surface area (Å²) in [6.45, 7) is 39.7. The normalized spacial score (nSPS) is 11.9. The highest BCUT2D eigenvalue weighted by Crippen LogP contribution is 2.41. The smallest absolute Gasteiger partial charge is 0.544 e. The van der Waals surface area contributed by atoms with Crippen molar-refractivity contribution in [1.82, 2.24) is 34.3 Å². The number of ketones is 1. The van der Waals surface area contributed by atoms with Gasteiger partial charge in [0.25, 0.3) is 0 Å². The van der Waals surface area contributed by atoms with Crippen molar-refractivity contribution in [2.45, 2.75) is 156 Å². The van der Waals surface area contributed by atoms with E-state index in [0.29, 0.717) is 82.1 Å². The van der Waals surface area contributed by atoms with Gasteiger partial charge in [0.15, 0.2) is 17.2 Å². The second-order valence-electron chi connectivity index (χ2n) is 30.2. The number of nitrogens with two attached hydrogens (primary N) is 2. The molecule has 25 heteroatoms. The van der Waals surface area contributed by atoms with E-state index < -0.39 is 25.0 Å². The first-order chi connectivity index (χ1) is 50.2. The molecule has 1 radical (unpaired) electrons. The monoisotopic (exact) mass is 1620 g/mol. The topological polar surface area (TPSA) is 278 Å². The molecule has 7 aromatic carbocycles. The molecule has 1 atom stereocenters. The van der Waals surface area contributed by atoms with Gasteiger partial charge in [-0.2, -0.15) is 0 Å². The van der Waals surface area contributed by atoms with Crippen LogP contribution in [0.15, 0.2) is 204 Å². The zero-order valence-electron chi connectivity index (χ0n) is 64.5. The highest BCUT2D eigenvalue weighted by molar-refractivity contribution is 9.11. The number of Topliss-reactive ketones (excluding diaryl/α,β-unsaturated/α-hetero) is 1. The van der Waals surface area contributed by atoms with E-state index in [0.717, 1.165) is 56.3 Å². The van der Waals surface area contributed by atoms with Crippen LogP contribution in [0.2, 0.25) is 54.4 Å². The van der Waals surface area contributed by atoms with Crippen molar-refractivity contribution in [1.29, 1.82) is 0 Å². The molecule has 4 heterocycles. The van der Waals surface area contributed by atoms with Crippen LogP contribution in [0.4, 0.5) is 11.6 Å². The van der Waals surface area contributed by atoms with Crippen molar-refractivity contribution in [3.8, 4) is 85.4 Å². The van der Waals surface area contributed by atoms with E-state index in [4.69, 9.17) is 54.1 Å². The van der Waals surface area contributed by atoms with E-state index in [1.807, 2.05) is 97.9 Å². The van der Waals surface area contributed by atoms with E-state index in [9.17, 15) is 20.1 Å². The Bertz CT molecular complexity index is 4680. The Morgan fingerprint density at radius 3 is 1.45 bits per heavy atom. The van der Waals surface area contributed by atoms with E-state index in [2.05, 4.69) is 180 Å². The quantitative estimate of drug-likeness (QED) is 0.0410. The number of hydrogen-bond donors (Lipinski definition) is 6. The Labute approximate surface area is 651 Å². The van der Waals surface area contributed by atoms with Crippen LogP contribution in [0.5, 0.6) is 40.4 Å². The number of hydrogen-bond acceptors (Lipinski definition) is 18. The molecule has 0 saturated carbocycles. The Hall–Kier alpha value is -9.21. The third-order valence-electron chi connectivity index (χ3n) is 18.9. The minimum atomic E-state index is -1.86. The molecule has 0 saturated heterocycles. The third-order valence-corrected chi connectivity index (χ3v) is 32.9. The van der Waals surface area contributed by atoms with Gasteiger partial charge in [-0.05, 0) is 215 Å². The summed E-state index contributed by atoms with van der Waals surface area (Å²) in [6, 6.07) is 54.7. The molecule has 1 unspecified atom stereocenters. The number of benzene rings is 7. The molecule has 0 aliphatic rings. The molecule has 0 spiro atoms. The van der Waals surface area contributed by atoms with E-state index in [1.54, 1.807) is 90.6 Å². The highest BCUT2D eigenvalue weighted by Gasteiger charge is 2.41. The molecular weight excluding hydrogens is 1530 g/mol. The first-order valence-electron chi connectivity index (χ1n) is 35.2. The second-order valence-corrected chi connectivity index (χ2v) is 46.0. The first kappa shape index (κ1) is 85.0. The first-order valence-corrected chi connectivity index (χ1v) is 45.5. The molecule has 19 nitrogen and oxygen atoms in total. The van der Waals surface area contributed by atoms with Crippen LogP contribution in [0.25, 0.3) is 50.7 Å². The number of aromatic nitrogens is 7. The molecule has 0 aliphatic heterocycles. The van der Waals surface area contributed by atoms with Crippen molar-refractivity contribution >= 4 is 87.6 Å². The zero-order valence-corrected chi connectivity index (χ0v) is 70.7. The highest BCUT2D eigenvalue weighted by atomic mass is 79.9. The maximum absolute atomic E-state index is 12.0. The van der Waals surface area contributed by atoms with Gasteiger partial charge in [-0.25, -0.2) is 29.9 Å². The van der Waals surface area contributed by atoms with Crippen LogP contribution in [0, 0.1) is 6.92 Å². The number of halogens is 2.